The van der Waals surface area contributed by atoms with Crippen LogP contribution in [-0.4, -0.2) is 63.3 Å². The van der Waals surface area contributed by atoms with E-state index in [1.165, 1.54) is 0 Å². The third-order valence-electron chi connectivity index (χ3n) is 3.67. The van der Waals surface area contributed by atoms with Crippen molar-refractivity contribution in [1.29, 1.82) is 0 Å². The Morgan fingerprint density at radius 3 is 2.89 bits per heavy atom. The van der Waals surface area contributed by atoms with Crippen LogP contribution in [0.25, 0.3) is 0 Å². The van der Waals surface area contributed by atoms with E-state index in [2.05, 4.69) is 29.4 Å². The van der Waals surface area contributed by atoms with Crippen molar-refractivity contribution in [3.8, 4) is 0 Å². The summed E-state index contributed by atoms with van der Waals surface area (Å²) in [6.45, 7) is 9.37. The lowest BCUT2D eigenvalue weighted by Crippen LogP contribution is -2.50. The van der Waals surface area contributed by atoms with Gasteiger partial charge < -0.3 is 15.4 Å². The van der Waals surface area contributed by atoms with Gasteiger partial charge in [0.1, 0.15) is 0 Å². The molecule has 1 aliphatic heterocycles. The molecule has 112 valence electrons. The van der Waals surface area contributed by atoms with E-state index in [-0.39, 0.29) is 5.91 Å². The molecule has 0 radical (unpaired) electrons. The van der Waals surface area contributed by atoms with E-state index in [4.69, 9.17) is 4.74 Å². The van der Waals surface area contributed by atoms with Crippen molar-refractivity contribution >= 4 is 5.91 Å². The fourth-order valence-electron chi connectivity index (χ4n) is 2.64. The average Bonchev–Trinajstić information content (AvgIpc) is 2.38. The van der Waals surface area contributed by atoms with E-state index in [1.807, 2.05) is 0 Å². The van der Waals surface area contributed by atoms with Crippen LogP contribution in [0.5, 0.6) is 0 Å². The zero-order chi connectivity index (χ0) is 14.1. The van der Waals surface area contributed by atoms with Crippen LogP contribution in [0, 0.1) is 5.92 Å². The second-order valence-electron chi connectivity index (χ2n) is 5.36. The highest BCUT2D eigenvalue weighted by Crippen LogP contribution is 2.16. The van der Waals surface area contributed by atoms with Crippen molar-refractivity contribution in [3.05, 3.63) is 0 Å². The molecule has 1 aliphatic rings. The first-order valence-corrected chi connectivity index (χ1v) is 7.38. The van der Waals surface area contributed by atoms with Gasteiger partial charge in [0.05, 0.1) is 6.54 Å². The molecule has 0 aromatic rings. The summed E-state index contributed by atoms with van der Waals surface area (Å²) in [5, 5.41) is 6.46. The Morgan fingerprint density at radius 1 is 1.47 bits per heavy atom. The molecule has 0 aromatic carbocycles. The number of rotatable bonds is 8. The fraction of sp³-hybridized carbons (Fsp3) is 0.929. The zero-order valence-electron chi connectivity index (χ0n) is 12.6. The molecule has 0 aromatic heterocycles. The molecule has 5 heteroatoms. The molecular formula is C14H29N3O2. The Hall–Kier alpha value is -0.650. The first kappa shape index (κ1) is 16.4. The molecule has 1 heterocycles. The van der Waals surface area contributed by atoms with Crippen LogP contribution in [0.4, 0.5) is 0 Å². The summed E-state index contributed by atoms with van der Waals surface area (Å²) < 4.78 is 4.95. The Bertz CT molecular complexity index is 261. The van der Waals surface area contributed by atoms with Gasteiger partial charge in [0.25, 0.3) is 0 Å². The Morgan fingerprint density at radius 2 is 2.26 bits per heavy atom. The van der Waals surface area contributed by atoms with Crippen molar-refractivity contribution in [2.75, 3.05) is 46.4 Å². The van der Waals surface area contributed by atoms with Crippen molar-refractivity contribution < 1.29 is 9.53 Å². The van der Waals surface area contributed by atoms with Crippen molar-refractivity contribution in [3.63, 3.8) is 0 Å². The standard InChI is InChI=1S/C14H29N3O2/c1-4-15-13-6-8-17(10-12(13)2)11-14(18)16-7-5-9-19-3/h12-13,15H,4-11H2,1-3H3,(H,16,18). The smallest absolute Gasteiger partial charge is 0.234 e. The topological polar surface area (TPSA) is 53.6 Å². The lowest BCUT2D eigenvalue weighted by molar-refractivity contribution is -0.122. The summed E-state index contributed by atoms with van der Waals surface area (Å²) in [6, 6.07) is 0.603. The number of amides is 1. The predicted octanol–water partition coefficient (Wildman–Crippen LogP) is 0.459. The first-order chi connectivity index (χ1) is 9.17. The van der Waals surface area contributed by atoms with E-state index < -0.39 is 0 Å². The molecule has 2 atom stereocenters. The van der Waals surface area contributed by atoms with Crippen LogP contribution in [0.3, 0.4) is 0 Å². The monoisotopic (exact) mass is 271 g/mol. The van der Waals surface area contributed by atoms with E-state index in [1.54, 1.807) is 7.11 Å². The Kier molecular flexibility index (Phi) is 8.02. The second kappa shape index (κ2) is 9.28. The number of nitrogens with one attached hydrogen (secondary N) is 2. The minimum Gasteiger partial charge on any atom is -0.385 e. The van der Waals surface area contributed by atoms with Gasteiger partial charge in [-0.1, -0.05) is 13.8 Å². The Labute approximate surface area is 117 Å². The van der Waals surface area contributed by atoms with Crippen LogP contribution in [0.1, 0.15) is 26.7 Å². The summed E-state index contributed by atoms with van der Waals surface area (Å²) in [5.74, 6) is 0.736. The first-order valence-electron chi connectivity index (χ1n) is 7.38. The number of carbonyl (C=O) groups excluding carboxylic acids is 1. The number of methoxy groups -OCH3 is 1. The van der Waals surface area contributed by atoms with E-state index in [0.717, 1.165) is 32.5 Å². The maximum absolute atomic E-state index is 11.8. The summed E-state index contributed by atoms with van der Waals surface area (Å²) in [5.41, 5.74) is 0. The van der Waals surface area contributed by atoms with Gasteiger partial charge >= 0.3 is 0 Å². The lowest BCUT2D eigenvalue weighted by Gasteiger charge is -2.36. The van der Waals surface area contributed by atoms with Gasteiger partial charge in [0, 0.05) is 39.4 Å². The maximum atomic E-state index is 11.8. The van der Waals surface area contributed by atoms with Gasteiger partial charge in [-0.3, -0.25) is 9.69 Å². The number of nitrogens with zero attached hydrogens (tertiary/aromatic N) is 1. The quantitative estimate of drug-likeness (QED) is 0.630. The number of likely N-dealkylation sites (tertiary alicyclic amines) is 1. The van der Waals surface area contributed by atoms with Crippen LogP contribution >= 0.6 is 0 Å². The summed E-state index contributed by atoms with van der Waals surface area (Å²) in [4.78, 5) is 14.0. The van der Waals surface area contributed by atoms with Gasteiger partial charge in [-0.25, -0.2) is 0 Å². The molecule has 1 fully saturated rings. The minimum atomic E-state index is 0.130. The van der Waals surface area contributed by atoms with E-state index in [9.17, 15) is 4.79 Å². The molecule has 1 rings (SSSR count). The highest BCUT2D eigenvalue weighted by Gasteiger charge is 2.26. The van der Waals surface area contributed by atoms with Gasteiger partial charge in [-0.2, -0.15) is 0 Å². The SMILES string of the molecule is CCNC1CCN(CC(=O)NCCCOC)CC1C. The molecular weight excluding hydrogens is 242 g/mol. The molecule has 2 N–H and O–H groups in total. The summed E-state index contributed by atoms with van der Waals surface area (Å²) >= 11 is 0. The second-order valence-corrected chi connectivity index (χ2v) is 5.36. The van der Waals surface area contributed by atoms with Gasteiger partial charge in [0.2, 0.25) is 5.91 Å². The molecule has 2 unspecified atom stereocenters. The molecule has 0 spiro atoms. The number of carbonyl (C=O) groups is 1. The normalized spacial score (nSPS) is 24.4. The highest BCUT2D eigenvalue weighted by atomic mass is 16.5. The number of ether oxygens (including phenoxy) is 1. The summed E-state index contributed by atoms with van der Waals surface area (Å²) in [6.07, 6.45) is 2.01. The maximum Gasteiger partial charge on any atom is 0.234 e. The molecule has 19 heavy (non-hydrogen) atoms. The third kappa shape index (κ3) is 6.36. The van der Waals surface area contributed by atoms with E-state index >= 15 is 0 Å². The van der Waals surface area contributed by atoms with Crippen LogP contribution in [0.15, 0.2) is 0 Å². The fourth-order valence-corrected chi connectivity index (χ4v) is 2.64. The number of hydrogen-bond acceptors (Lipinski definition) is 4. The summed E-state index contributed by atoms with van der Waals surface area (Å²) in [7, 11) is 1.68. The zero-order valence-corrected chi connectivity index (χ0v) is 12.6. The number of hydrogen-bond donors (Lipinski definition) is 2. The van der Waals surface area contributed by atoms with Gasteiger partial charge in [-0.05, 0) is 25.3 Å². The van der Waals surface area contributed by atoms with Crippen molar-refractivity contribution in [2.45, 2.75) is 32.7 Å². The lowest BCUT2D eigenvalue weighted by atomic mass is 9.94. The van der Waals surface area contributed by atoms with Crippen LogP contribution in [0.2, 0.25) is 0 Å². The molecule has 1 amide bonds. The largest absolute Gasteiger partial charge is 0.385 e. The molecule has 0 bridgehead atoms. The highest BCUT2D eigenvalue weighted by molar-refractivity contribution is 5.77. The van der Waals surface area contributed by atoms with Crippen LogP contribution in [-0.2, 0) is 9.53 Å². The van der Waals surface area contributed by atoms with Crippen LogP contribution < -0.4 is 10.6 Å². The molecule has 5 nitrogen and oxygen atoms in total. The molecule has 0 saturated carbocycles. The average molecular weight is 271 g/mol. The van der Waals surface area contributed by atoms with Gasteiger partial charge in [0.15, 0.2) is 0 Å². The Balaban J connectivity index is 2.18. The van der Waals surface area contributed by atoms with E-state index in [0.29, 0.717) is 31.7 Å². The third-order valence-corrected chi connectivity index (χ3v) is 3.67. The van der Waals surface area contributed by atoms with Crippen molar-refractivity contribution in [2.24, 2.45) is 5.92 Å². The molecule has 1 saturated heterocycles. The minimum absolute atomic E-state index is 0.130. The predicted molar refractivity (Wildman–Crippen MR) is 77.2 cm³/mol. The van der Waals surface area contributed by atoms with Gasteiger partial charge in [-0.15, -0.1) is 0 Å². The number of piperidine rings is 1. The molecule has 0 aliphatic carbocycles. The van der Waals surface area contributed by atoms with Crippen molar-refractivity contribution in [1.82, 2.24) is 15.5 Å².